The molecule has 5 nitrogen and oxygen atoms in total. The monoisotopic (exact) mass is 394 g/mol. The van der Waals surface area contributed by atoms with Crippen molar-refractivity contribution in [3.63, 3.8) is 0 Å². The smallest absolute Gasteiger partial charge is 0.259 e. The van der Waals surface area contributed by atoms with Gasteiger partial charge in [-0.25, -0.2) is 0 Å². The Hall–Kier alpha value is -2.27. The molecule has 2 aromatic carbocycles. The van der Waals surface area contributed by atoms with E-state index in [2.05, 4.69) is 5.32 Å². The van der Waals surface area contributed by atoms with E-state index in [9.17, 15) is 9.90 Å². The van der Waals surface area contributed by atoms with Crippen molar-refractivity contribution in [1.82, 2.24) is 0 Å². The maximum Gasteiger partial charge on any atom is 0.259 e. The number of aromatic hydroxyl groups is 1. The van der Waals surface area contributed by atoms with E-state index in [0.717, 1.165) is 3.57 Å². The molecule has 0 spiro atoms. The average Bonchev–Trinajstić information content (AvgIpc) is 2.49. The van der Waals surface area contributed by atoms with Crippen molar-refractivity contribution in [2.24, 2.45) is 0 Å². The fraction of sp³-hybridized carbons (Fsp3) is 0.0667. The second-order valence-electron chi connectivity index (χ2n) is 4.11. The highest BCUT2D eigenvalue weighted by Gasteiger charge is 2.16. The first kappa shape index (κ1) is 15.1. The van der Waals surface area contributed by atoms with Crippen molar-refractivity contribution >= 4 is 34.2 Å². The lowest BCUT2D eigenvalue weighted by molar-refractivity contribution is 0.102. The van der Waals surface area contributed by atoms with Crippen LogP contribution in [0.25, 0.3) is 0 Å². The Balaban J connectivity index is 2.41. The fourth-order valence-electron chi connectivity index (χ4n) is 1.79. The Labute approximate surface area is 135 Å². The molecule has 2 aromatic rings. The topological polar surface area (TPSA) is 82.3 Å². The van der Waals surface area contributed by atoms with E-state index in [4.69, 9.17) is 10.00 Å². The molecular weight excluding hydrogens is 383 g/mol. The zero-order chi connectivity index (χ0) is 15.4. The molecule has 21 heavy (non-hydrogen) atoms. The summed E-state index contributed by atoms with van der Waals surface area (Å²) in [6.45, 7) is 0. The van der Waals surface area contributed by atoms with Crippen molar-refractivity contribution in [1.29, 1.82) is 5.26 Å². The van der Waals surface area contributed by atoms with Gasteiger partial charge in [0.2, 0.25) is 0 Å². The molecule has 0 atom stereocenters. The molecule has 2 rings (SSSR count). The highest BCUT2D eigenvalue weighted by Crippen LogP contribution is 2.29. The molecule has 0 unspecified atom stereocenters. The number of methoxy groups -OCH3 is 1. The third-order valence-electron chi connectivity index (χ3n) is 2.81. The van der Waals surface area contributed by atoms with Gasteiger partial charge in [-0.3, -0.25) is 4.79 Å². The molecule has 1 amide bonds. The van der Waals surface area contributed by atoms with Gasteiger partial charge in [-0.1, -0.05) is 6.07 Å². The first-order valence-corrected chi connectivity index (χ1v) is 7.01. The maximum absolute atomic E-state index is 12.3. The van der Waals surface area contributed by atoms with E-state index in [1.54, 1.807) is 30.3 Å². The van der Waals surface area contributed by atoms with Crippen molar-refractivity contribution in [3.05, 3.63) is 51.1 Å². The zero-order valence-corrected chi connectivity index (χ0v) is 13.2. The van der Waals surface area contributed by atoms with Crippen molar-refractivity contribution < 1.29 is 14.6 Å². The van der Waals surface area contributed by atoms with Gasteiger partial charge in [0, 0.05) is 3.57 Å². The van der Waals surface area contributed by atoms with Crippen LogP contribution in [0.5, 0.6) is 11.5 Å². The Bertz CT molecular complexity index is 738. The average molecular weight is 394 g/mol. The van der Waals surface area contributed by atoms with Crippen LogP contribution >= 0.6 is 22.6 Å². The highest BCUT2D eigenvalue weighted by atomic mass is 127. The van der Waals surface area contributed by atoms with E-state index in [0.29, 0.717) is 5.75 Å². The minimum absolute atomic E-state index is 0.124. The third kappa shape index (κ3) is 3.25. The summed E-state index contributed by atoms with van der Waals surface area (Å²) in [7, 11) is 1.45. The minimum Gasteiger partial charge on any atom is -0.507 e. The minimum atomic E-state index is -0.507. The van der Waals surface area contributed by atoms with E-state index in [1.165, 1.54) is 13.2 Å². The lowest BCUT2D eigenvalue weighted by atomic mass is 10.1. The number of anilines is 1. The number of nitrogens with zero attached hydrogens (tertiary/aromatic N) is 1. The number of amides is 1. The molecule has 0 saturated carbocycles. The quantitative estimate of drug-likeness (QED) is 0.784. The third-order valence-corrected chi connectivity index (χ3v) is 3.48. The molecule has 0 radical (unpaired) electrons. The molecule has 106 valence electrons. The van der Waals surface area contributed by atoms with Gasteiger partial charge < -0.3 is 15.2 Å². The highest BCUT2D eigenvalue weighted by molar-refractivity contribution is 14.1. The number of halogens is 1. The number of hydrogen-bond acceptors (Lipinski definition) is 4. The van der Waals surface area contributed by atoms with E-state index >= 15 is 0 Å². The summed E-state index contributed by atoms with van der Waals surface area (Å²) in [4.78, 5) is 12.3. The summed E-state index contributed by atoms with van der Waals surface area (Å²) in [6, 6.07) is 11.6. The number of carbonyl (C=O) groups is 1. The summed E-state index contributed by atoms with van der Waals surface area (Å²) >= 11 is 2.05. The van der Waals surface area contributed by atoms with Crippen LogP contribution in [-0.4, -0.2) is 18.1 Å². The Morgan fingerprint density at radius 1 is 1.38 bits per heavy atom. The first-order valence-electron chi connectivity index (χ1n) is 5.93. The summed E-state index contributed by atoms with van der Waals surface area (Å²) in [6.07, 6.45) is 0. The van der Waals surface area contributed by atoms with Gasteiger partial charge in [-0.2, -0.15) is 5.26 Å². The van der Waals surface area contributed by atoms with Crippen LogP contribution in [0.15, 0.2) is 36.4 Å². The molecule has 0 fully saturated rings. The Morgan fingerprint density at radius 2 is 2.14 bits per heavy atom. The molecule has 6 heteroatoms. The van der Waals surface area contributed by atoms with Crippen LogP contribution in [0, 0.1) is 14.9 Å². The van der Waals surface area contributed by atoms with E-state index in [-0.39, 0.29) is 22.6 Å². The van der Waals surface area contributed by atoms with Crippen LogP contribution < -0.4 is 10.1 Å². The normalized spacial score (nSPS) is 9.76. The van der Waals surface area contributed by atoms with Crippen LogP contribution in [0.2, 0.25) is 0 Å². The molecule has 0 heterocycles. The van der Waals surface area contributed by atoms with E-state index < -0.39 is 5.91 Å². The van der Waals surface area contributed by atoms with Gasteiger partial charge in [0.05, 0.1) is 18.2 Å². The van der Waals surface area contributed by atoms with Crippen molar-refractivity contribution in [3.8, 4) is 17.6 Å². The molecular formula is C15H11IN2O3. The van der Waals surface area contributed by atoms with Gasteiger partial charge in [0.15, 0.2) is 0 Å². The second kappa shape index (κ2) is 6.45. The molecule has 0 aliphatic heterocycles. The van der Waals surface area contributed by atoms with Gasteiger partial charge in [-0.15, -0.1) is 0 Å². The SMILES string of the molecule is COc1cccc(C#N)c1NC(=O)c1cc(I)ccc1O. The summed E-state index contributed by atoms with van der Waals surface area (Å²) in [5.41, 5.74) is 0.704. The second-order valence-corrected chi connectivity index (χ2v) is 5.36. The fourth-order valence-corrected chi connectivity index (χ4v) is 2.29. The van der Waals surface area contributed by atoms with Gasteiger partial charge in [0.1, 0.15) is 23.3 Å². The zero-order valence-electron chi connectivity index (χ0n) is 11.1. The number of hydrogen-bond donors (Lipinski definition) is 2. The predicted molar refractivity (Wildman–Crippen MR) is 86.5 cm³/mol. The number of benzene rings is 2. The number of nitrogens with one attached hydrogen (secondary N) is 1. The Morgan fingerprint density at radius 3 is 2.81 bits per heavy atom. The van der Waals surface area contributed by atoms with Crippen LogP contribution in [0.3, 0.4) is 0 Å². The summed E-state index contributed by atoms with van der Waals surface area (Å²) < 4.78 is 5.96. The van der Waals surface area contributed by atoms with E-state index in [1.807, 2.05) is 28.7 Å². The number of phenols is 1. The van der Waals surface area contributed by atoms with Crippen LogP contribution in [0.4, 0.5) is 5.69 Å². The number of phenolic OH excluding ortho intramolecular Hbond substituents is 1. The Kier molecular flexibility index (Phi) is 4.65. The van der Waals surface area contributed by atoms with Gasteiger partial charge in [-0.05, 0) is 52.9 Å². The molecule has 0 aliphatic carbocycles. The largest absolute Gasteiger partial charge is 0.507 e. The number of nitriles is 1. The number of rotatable bonds is 3. The molecule has 0 aliphatic rings. The van der Waals surface area contributed by atoms with Gasteiger partial charge in [0.25, 0.3) is 5.91 Å². The summed E-state index contributed by atoms with van der Waals surface area (Å²) in [5, 5.41) is 21.5. The predicted octanol–water partition coefficient (Wildman–Crippen LogP) is 3.13. The van der Waals surface area contributed by atoms with Crippen LogP contribution in [0.1, 0.15) is 15.9 Å². The lowest BCUT2D eigenvalue weighted by Crippen LogP contribution is -2.14. The molecule has 2 N–H and O–H groups in total. The molecule has 0 saturated heterocycles. The van der Waals surface area contributed by atoms with Crippen molar-refractivity contribution in [2.75, 3.05) is 12.4 Å². The van der Waals surface area contributed by atoms with Crippen molar-refractivity contribution in [2.45, 2.75) is 0 Å². The molecule has 0 aromatic heterocycles. The number of ether oxygens (including phenoxy) is 1. The standard InChI is InChI=1S/C15H11IN2O3/c1-21-13-4-2-3-9(8-17)14(13)18-15(20)11-7-10(16)5-6-12(11)19/h2-7,19H,1H3,(H,18,20). The van der Waals surface area contributed by atoms with Crippen LogP contribution in [-0.2, 0) is 0 Å². The van der Waals surface area contributed by atoms with Gasteiger partial charge >= 0.3 is 0 Å². The number of para-hydroxylation sites is 1. The summed E-state index contributed by atoms with van der Waals surface area (Å²) in [5.74, 6) is -0.249. The number of carbonyl (C=O) groups excluding carboxylic acids is 1. The lowest BCUT2D eigenvalue weighted by Gasteiger charge is -2.12. The first-order chi connectivity index (χ1) is 10.1. The molecule has 0 bridgehead atoms. The maximum atomic E-state index is 12.3.